The highest BCUT2D eigenvalue weighted by molar-refractivity contribution is 6.32. The molecule has 1 aromatic carbocycles. The van der Waals surface area contributed by atoms with Crippen LogP contribution < -0.4 is 15.0 Å². The molecule has 0 amide bonds. The third kappa shape index (κ3) is 2.73. The van der Waals surface area contributed by atoms with Gasteiger partial charge in [0.1, 0.15) is 5.75 Å². The van der Waals surface area contributed by atoms with Crippen LogP contribution in [0.3, 0.4) is 0 Å². The van der Waals surface area contributed by atoms with Crippen molar-refractivity contribution >= 4 is 17.3 Å². The predicted octanol–water partition coefficient (Wildman–Crippen LogP) is 2.78. The first-order valence-electron chi connectivity index (χ1n) is 6.44. The number of methoxy groups -OCH3 is 1. The number of ether oxygens (including phenoxy) is 1. The Morgan fingerprint density at radius 2 is 2.22 bits per heavy atom. The molecule has 4 heteroatoms. The fraction of sp³-hybridized carbons (Fsp3) is 0.571. The Morgan fingerprint density at radius 1 is 1.44 bits per heavy atom. The van der Waals surface area contributed by atoms with E-state index in [2.05, 4.69) is 30.1 Å². The molecule has 18 heavy (non-hydrogen) atoms. The lowest BCUT2D eigenvalue weighted by Crippen LogP contribution is -2.53. The van der Waals surface area contributed by atoms with Gasteiger partial charge in [-0.3, -0.25) is 0 Å². The number of hydrogen-bond donors (Lipinski definition) is 1. The molecule has 0 aliphatic carbocycles. The van der Waals surface area contributed by atoms with E-state index in [9.17, 15) is 0 Å². The predicted molar refractivity (Wildman–Crippen MR) is 76.8 cm³/mol. The Balaban J connectivity index is 2.28. The van der Waals surface area contributed by atoms with Gasteiger partial charge in [0.15, 0.2) is 0 Å². The van der Waals surface area contributed by atoms with Crippen molar-refractivity contribution in [2.45, 2.75) is 19.9 Å². The number of piperazine rings is 1. The lowest BCUT2D eigenvalue weighted by molar-refractivity contribution is 0.388. The minimum absolute atomic E-state index is 0.518. The van der Waals surface area contributed by atoms with Gasteiger partial charge < -0.3 is 15.0 Å². The maximum Gasteiger partial charge on any atom is 0.139 e. The van der Waals surface area contributed by atoms with Crippen LogP contribution in [0.5, 0.6) is 5.75 Å². The summed E-state index contributed by atoms with van der Waals surface area (Å²) in [6, 6.07) is 6.54. The second kappa shape index (κ2) is 5.81. The van der Waals surface area contributed by atoms with Gasteiger partial charge in [0.05, 0.1) is 12.1 Å². The molecule has 1 N–H and O–H groups in total. The number of hydrogen-bond acceptors (Lipinski definition) is 3. The molecule has 1 atom stereocenters. The monoisotopic (exact) mass is 268 g/mol. The topological polar surface area (TPSA) is 24.5 Å². The number of anilines is 1. The molecule has 0 spiro atoms. The Labute approximate surface area is 114 Å². The van der Waals surface area contributed by atoms with Crippen molar-refractivity contribution in [3.8, 4) is 5.75 Å². The van der Waals surface area contributed by atoms with Crippen LogP contribution >= 0.6 is 11.6 Å². The van der Waals surface area contributed by atoms with Crippen LogP contribution in [0.1, 0.15) is 13.8 Å². The minimum Gasteiger partial charge on any atom is -0.495 e. The van der Waals surface area contributed by atoms with Crippen LogP contribution in [0.15, 0.2) is 18.2 Å². The summed E-state index contributed by atoms with van der Waals surface area (Å²) < 4.78 is 5.30. The number of halogens is 1. The molecule has 1 aliphatic rings. The van der Waals surface area contributed by atoms with Gasteiger partial charge in [-0.2, -0.15) is 0 Å². The Kier molecular flexibility index (Phi) is 4.36. The van der Waals surface area contributed by atoms with E-state index in [4.69, 9.17) is 16.3 Å². The molecule has 2 rings (SSSR count). The van der Waals surface area contributed by atoms with Crippen LogP contribution in [0.2, 0.25) is 5.02 Å². The Hall–Kier alpha value is -0.930. The van der Waals surface area contributed by atoms with E-state index in [1.807, 2.05) is 12.1 Å². The lowest BCUT2D eigenvalue weighted by atomic mass is 10.00. The molecule has 0 aromatic heterocycles. The zero-order valence-electron chi connectivity index (χ0n) is 11.2. The summed E-state index contributed by atoms with van der Waals surface area (Å²) in [5.74, 6) is 1.36. The minimum atomic E-state index is 0.518. The fourth-order valence-electron chi connectivity index (χ4n) is 2.47. The van der Waals surface area contributed by atoms with Gasteiger partial charge in [-0.05, 0) is 18.1 Å². The van der Waals surface area contributed by atoms with E-state index in [0.29, 0.717) is 17.0 Å². The van der Waals surface area contributed by atoms with Crippen LogP contribution in [0.25, 0.3) is 0 Å². The molecular formula is C14H21ClN2O. The van der Waals surface area contributed by atoms with E-state index in [1.165, 1.54) is 5.69 Å². The van der Waals surface area contributed by atoms with Crippen LogP contribution in [-0.4, -0.2) is 32.8 Å². The first-order valence-corrected chi connectivity index (χ1v) is 6.82. The third-order valence-electron chi connectivity index (χ3n) is 3.52. The zero-order chi connectivity index (χ0) is 13.1. The second-order valence-electron chi connectivity index (χ2n) is 5.03. The molecule has 0 radical (unpaired) electrons. The Morgan fingerprint density at radius 3 is 2.89 bits per heavy atom. The van der Waals surface area contributed by atoms with Crippen molar-refractivity contribution in [3.05, 3.63) is 23.2 Å². The van der Waals surface area contributed by atoms with Crippen molar-refractivity contribution in [1.29, 1.82) is 0 Å². The molecule has 0 saturated carbocycles. The van der Waals surface area contributed by atoms with Crippen molar-refractivity contribution in [3.63, 3.8) is 0 Å². The summed E-state index contributed by atoms with van der Waals surface area (Å²) in [4.78, 5) is 2.44. The van der Waals surface area contributed by atoms with E-state index >= 15 is 0 Å². The summed E-state index contributed by atoms with van der Waals surface area (Å²) in [6.07, 6.45) is 0. The first-order chi connectivity index (χ1) is 8.63. The van der Waals surface area contributed by atoms with Gasteiger partial charge in [0.2, 0.25) is 0 Å². The van der Waals surface area contributed by atoms with Crippen LogP contribution in [0, 0.1) is 5.92 Å². The molecule has 1 aromatic rings. The summed E-state index contributed by atoms with van der Waals surface area (Å²) in [5.41, 5.74) is 1.19. The lowest BCUT2D eigenvalue weighted by Gasteiger charge is -2.40. The van der Waals surface area contributed by atoms with Crippen molar-refractivity contribution in [2.24, 2.45) is 5.92 Å². The summed E-state index contributed by atoms with van der Waals surface area (Å²) in [5, 5.41) is 4.12. The highest BCUT2D eigenvalue weighted by Crippen LogP contribution is 2.31. The summed E-state index contributed by atoms with van der Waals surface area (Å²) in [6.45, 7) is 7.60. The van der Waals surface area contributed by atoms with Gasteiger partial charge in [0.25, 0.3) is 0 Å². The van der Waals surface area contributed by atoms with Gasteiger partial charge >= 0.3 is 0 Å². The molecular weight excluding hydrogens is 248 g/mol. The van der Waals surface area contributed by atoms with E-state index in [1.54, 1.807) is 7.11 Å². The summed E-state index contributed by atoms with van der Waals surface area (Å²) in [7, 11) is 1.66. The molecule has 3 nitrogen and oxygen atoms in total. The number of benzene rings is 1. The van der Waals surface area contributed by atoms with Gasteiger partial charge in [-0.15, -0.1) is 0 Å². The quantitative estimate of drug-likeness (QED) is 0.912. The maximum atomic E-state index is 6.08. The van der Waals surface area contributed by atoms with Crippen molar-refractivity contribution in [1.82, 2.24) is 5.32 Å². The number of rotatable bonds is 3. The largest absolute Gasteiger partial charge is 0.495 e. The van der Waals surface area contributed by atoms with E-state index in [-0.39, 0.29) is 0 Å². The van der Waals surface area contributed by atoms with Crippen LogP contribution in [0.4, 0.5) is 5.69 Å². The fourth-order valence-corrected chi connectivity index (χ4v) is 2.66. The zero-order valence-corrected chi connectivity index (χ0v) is 12.0. The van der Waals surface area contributed by atoms with Crippen molar-refractivity contribution in [2.75, 3.05) is 31.6 Å². The van der Waals surface area contributed by atoms with Crippen LogP contribution in [-0.2, 0) is 0 Å². The molecule has 1 saturated heterocycles. The average Bonchev–Trinajstić information content (AvgIpc) is 2.39. The smallest absolute Gasteiger partial charge is 0.139 e. The van der Waals surface area contributed by atoms with Gasteiger partial charge in [0, 0.05) is 37.4 Å². The number of nitrogens with zero attached hydrogens (tertiary/aromatic N) is 1. The van der Waals surface area contributed by atoms with Gasteiger partial charge in [-0.1, -0.05) is 25.4 Å². The Bertz CT molecular complexity index is 409. The normalized spacial score (nSPS) is 20.3. The standard InChI is InChI=1S/C14H21ClN2O/c1-10(2)13-9-16-6-7-17(13)11-4-5-12(15)14(8-11)18-3/h4-5,8,10,13,16H,6-7,9H2,1-3H3/t13-/m1/s1. The molecule has 1 heterocycles. The van der Waals surface area contributed by atoms with E-state index in [0.717, 1.165) is 25.4 Å². The highest BCUT2D eigenvalue weighted by Gasteiger charge is 2.25. The van der Waals surface area contributed by atoms with Crippen molar-refractivity contribution < 1.29 is 4.74 Å². The highest BCUT2D eigenvalue weighted by atomic mass is 35.5. The first kappa shape index (κ1) is 13.5. The maximum absolute atomic E-state index is 6.08. The molecule has 0 unspecified atom stereocenters. The van der Waals surface area contributed by atoms with E-state index < -0.39 is 0 Å². The molecule has 100 valence electrons. The average molecular weight is 269 g/mol. The molecule has 0 bridgehead atoms. The second-order valence-corrected chi connectivity index (χ2v) is 5.43. The number of nitrogens with one attached hydrogen (secondary N) is 1. The summed E-state index contributed by atoms with van der Waals surface area (Å²) >= 11 is 6.08. The third-order valence-corrected chi connectivity index (χ3v) is 3.83. The molecule has 1 aliphatic heterocycles. The molecule has 1 fully saturated rings. The SMILES string of the molecule is COc1cc(N2CCNC[C@@H]2C(C)C)ccc1Cl. The van der Waals surface area contributed by atoms with Gasteiger partial charge in [-0.25, -0.2) is 0 Å².